The first-order valence-electron chi connectivity index (χ1n) is 8.70. The van der Waals surface area contributed by atoms with Gasteiger partial charge in [0.2, 0.25) is 5.95 Å². The first-order valence-corrected chi connectivity index (χ1v) is 8.70. The number of aryl methyl sites for hydroxylation is 1. The Morgan fingerprint density at radius 1 is 1.24 bits per heavy atom. The van der Waals surface area contributed by atoms with Crippen molar-refractivity contribution >= 4 is 28.9 Å². The van der Waals surface area contributed by atoms with Crippen LogP contribution >= 0.6 is 0 Å². The number of fused-ring (bicyclic) bond motifs is 1. The summed E-state index contributed by atoms with van der Waals surface area (Å²) in [5.41, 5.74) is 4.99. The number of ether oxygens (including phenoxy) is 1. The minimum Gasteiger partial charge on any atom is -0.497 e. The molecule has 0 aliphatic heterocycles. The van der Waals surface area contributed by atoms with Gasteiger partial charge in [0.25, 0.3) is 5.69 Å². The number of nitro groups is 1. The van der Waals surface area contributed by atoms with Crippen molar-refractivity contribution in [1.82, 2.24) is 9.55 Å². The Bertz CT molecular complexity index is 1220. The van der Waals surface area contributed by atoms with E-state index < -0.39 is 4.92 Å². The molecule has 0 unspecified atom stereocenters. The molecule has 146 valence electrons. The molecule has 0 saturated heterocycles. The molecule has 9 heteroatoms. The number of nitrogens with zero attached hydrogens (tertiary/aromatic N) is 4. The largest absolute Gasteiger partial charge is 0.497 e. The highest BCUT2D eigenvalue weighted by atomic mass is 16.6. The van der Waals surface area contributed by atoms with Crippen molar-refractivity contribution in [2.24, 2.45) is 12.1 Å². The predicted molar refractivity (Wildman–Crippen MR) is 109 cm³/mol. The van der Waals surface area contributed by atoms with E-state index in [9.17, 15) is 10.1 Å². The lowest BCUT2D eigenvalue weighted by Crippen LogP contribution is -1.98. The lowest BCUT2D eigenvalue weighted by atomic mass is 10.1. The van der Waals surface area contributed by atoms with Crippen molar-refractivity contribution in [3.63, 3.8) is 0 Å². The smallest absolute Gasteiger partial charge is 0.284 e. The van der Waals surface area contributed by atoms with Crippen LogP contribution in [-0.4, -0.2) is 27.8 Å². The zero-order chi connectivity index (χ0) is 20.4. The summed E-state index contributed by atoms with van der Waals surface area (Å²) in [5.74, 6) is 1.79. The van der Waals surface area contributed by atoms with Gasteiger partial charge in [0, 0.05) is 7.05 Å². The molecule has 0 spiro atoms. The Labute approximate surface area is 165 Å². The Hall–Kier alpha value is -4.14. The minimum atomic E-state index is -0.471. The molecule has 29 heavy (non-hydrogen) atoms. The third-order valence-corrected chi connectivity index (χ3v) is 4.44. The minimum absolute atomic E-state index is 0.0972. The van der Waals surface area contributed by atoms with Crippen molar-refractivity contribution in [3.05, 3.63) is 70.5 Å². The van der Waals surface area contributed by atoms with Gasteiger partial charge in [-0.15, -0.1) is 0 Å². The van der Waals surface area contributed by atoms with E-state index in [0.717, 1.165) is 11.0 Å². The molecule has 0 radical (unpaired) electrons. The standard InChI is InChI=1S/C20H17N5O4/c1-24-17-6-4-3-5-16(17)22-20(24)23-21-12-14-8-10-19(29-14)15-9-7-13(28-2)11-18(15)25(26)27/h3-12H,1-2H3,(H,22,23)/b21-12-. The van der Waals surface area contributed by atoms with Crippen molar-refractivity contribution in [2.45, 2.75) is 0 Å². The third-order valence-electron chi connectivity index (χ3n) is 4.44. The Morgan fingerprint density at radius 3 is 2.83 bits per heavy atom. The highest BCUT2D eigenvalue weighted by molar-refractivity contribution is 5.81. The maximum absolute atomic E-state index is 11.4. The van der Waals surface area contributed by atoms with Crippen LogP contribution in [0.5, 0.6) is 5.75 Å². The van der Waals surface area contributed by atoms with Crippen LogP contribution in [0.25, 0.3) is 22.4 Å². The van der Waals surface area contributed by atoms with Crippen molar-refractivity contribution < 1.29 is 14.1 Å². The van der Waals surface area contributed by atoms with Crippen LogP contribution in [0.3, 0.4) is 0 Å². The summed E-state index contributed by atoms with van der Waals surface area (Å²) in [6.07, 6.45) is 1.48. The quantitative estimate of drug-likeness (QED) is 0.300. The predicted octanol–water partition coefficient (Wildman–Crippen LogP) is 4.20. The molecule has 0 atom stereocenters. The number of nitro benzene ring substituents is 1. The van der Waals surface area contributed by atoms with Crippen LogP contribution in [0, 0.1) is 10.1 Å². The van der Waals surface area contributed by atoms with Crippen molar-refractivity contribution in [1.29, 1.82) is 0 Å². The number of methoxy groups -OCH3 is 1. The maximum atomic E-state index is 11.4. The Kier molecular flexibility index (Phi) is 4.70. The van der Waals surface area contributed by atoms with Gasteiger partial charge in [0.1, 0.15) is 17.3 Å². The fourth-order valence-corrected chi connectivity index (χ4v) is 2.96. The van der Waals surface area contributed by atoms with Gasteiger partial charge in [0.05, 0.1) is 40.9 Å². The number of rotatable bonds is 6. The number of anilines is 1. The van der Waals surface area contributed by atoms with Crippen LogP contribution in [0.2, 0.25) is 0 Å². The van der Waals surface area contributed by atoms with Crippen LogP contribution in [0.1, 0.15) is 5.76 Å². The molecule has 2 aromatic heterocycles. The van der Waals surface area contributed by atoms with Crippen LogP contribution in [0.4, 0.5) is 11.6 Å². The number of benzene rings is 2. The highest BCUT2D eigenvalue weighted by Gasteiger charge is 2.19. The maximum Gasteiger partial charge on any atom is 0.284 e. The molecule has 0 saturated carbocycles. The number of aromatic nitrogens is 2. The number of hydrazone groups is 1. The molecule has 2 heterocycles. The fraction of sp³-hybridized carbons (Fsp3) is 0.100. The Balaban J connectivity index is 1.55. The lowest BCUT2D eigenvalue weighted by molar-refractivity contribution is -0.384. The molecule has 0 amide bonds. The van der Waals surface area contributed by atoms with E-state index in [4.69, 9.17) is 9.15 Å². The van der Waals surface area contributed by atoms with Gasteiger partial charge < -0.3 is 13.7 Å². The van der Waals surface area contributed by atoms with E-state index >= 15 is 0 Å². The second kappa shape index (κ2) is 7.47. The summed E-state index contributed by atoms with van der Waals surface area (Å²) < 4.78 is 12.6. The summed E-state index contributed by atoms with van der Waals surface area (Å²) in [5, 5.41) is 15.5. The van der Waals surface area contributed by atoms with E-state index in [-0.39, 0.29) is 5.69 Å². The highest BCUT2D eigenvalue weighted by Crippen LogP contribution is 2.33. The molecular formula is C20H17N5O4. The number of hydrogen-bond acceptors (Lipinski definition) is 7. The molecule has 0 fully saturated rings. The van der Waals surface area contributed by atoms with Crippen LogP contribution < -0.4 is 10.2 Å². The van der Waals surface area contributed by atoms with E-state index in [1.807, 2.05) is 35.9 Å². The molecule has 9 nitrogen and oxygen atoms in total. The monoisotopic (exact) mass is 391 g/mol. The van der Waals surface area contributed by atoms with Crippen molar-refractivity contribution in [3.8, 4) is 17.1 Å². The molecule has 4 rings (SSSR count). The third kappa shape index (κ3) is 3.53. The lowest BCUT2D eigenvalue weighted by Gasteiger charge is -2.03. The zero-order valence-corrected chi connectivity index (χ0v) is 15.7. The molecule has 2 aromatic carbocycles. The van der Waals surface area contributed by atoms with Gasteiger partial charge in [0.15, 0.2) is 0 Å². The van der Waals surface area contributed by atoms with E-state index in [2.05, 4.69) is 15.5 Å². The first-order chi connectivity index (χ1) is 14.1. The number of hydrogen-bond donors (Lipinski definition) is 1. The normalized spacial score (nSPS) is 11.2. The number of nitrogens with one attached hydrogen (secondary N) is 1. The summed E-state index contributed by atoms with van der Waals surface area (Å²) in [6, 6.07) is 15.7. The summed E-state index contributed by atoms with van der Waals surface area (Å²) in [4.78, 5) is 15.4. The van der Waals surface area contributed by atoms with Gasteiger partial charge in [-0.1, -0.05) is 12.1 Å². The fourth-order valence-electron chi connectivity index (χ4n) is 2.96. The average Bonchev–Trinajstić information content (AvgIpc) is 3.33. The van der Waals surface area contributed by atoms with Gasteiger partial charge in [-0.25, -0.2) is 10.4 Å². The van der Waals surface area contributed by atoms with Gasteiger partial charge in [-0.05, 0) is 36.4 Å². The molecular weight excluding hydrogens is 374 g/mol. The molecule has 1 N–H and O–H groups in total. The molecule has 0 aliphatic rings. The summed E-state index contributed by atoms with van der Waals surface area (Å²) in [6.45, 7) is 0. The van der Waals surface area contributed by atoms with Gasteiger partial charge in [-0.2, -0.15) is 5.10 Å². The van der Waals surface area contributed by atoms with E-state index in [0.29, 0.717) is 28.8 Å². The summed E-state index contributed by atoms with van der Waals surface area (Å²) in [7, 11) is 3.35. The van der Waals surface area contributed by atoms with Crippen LogP contribution in [-0.2, 0) is 7.05 Å². The summed E-state index contributed by atoms with van der Waals surface area (Å²) >= 11 is 0. The average molecular weight is 391 g/mol. The van der Waals surface area contributed by atoms with Gasteiger partial charge >= 0.3 is 0 Å². The van der Waals surface area contributed by atoms with Gasteiger partial charge in [-0.3, -0.25) is 10.1 Å². The Morgan fingerprint density at radius 2 is 2.07 bits per heavy atom. The molecule has 0 bridgehead atoms. The SMILES string of the molecule is COc1ccc(-c2ccc(/C=N\Nc3nc4ccccc4n3C)o2)c([N+](=O)[O-])c1. The second-order valence-corrected chi connectivity index (χ2v) is 6.20. The van der Waals surface area contributed by atoms with E-state index in [1.165, 1.54) is 19.4 Å². The van der Waals surface area contributed by atoms with Crippen LogP contribution in [0.15, 0.2) is 64.1 Å². The number of furan rings is 1. The molecule has 0 aliphatic carbocycles. The number of para-hydroxylation sites is 2. The van der Waals surface area contributed by atoms with Crippen molar-refractivity contribution in [2.75, 3.05) is 12.5 Å². The first kappa shape index (κ1) is 18.2. The molecule has 4 aromatic rings. The number of imidazole rings is 1. The van der Waals surface area contributed by atoms with E-state index in [1.54, 1.807) is 24.3 Å². The topological polar surface area (TPSA) is 108 Å². The zero-order valence-electron chi connectivity index (χ0n) is 15.7. The second-order valence-electron chi connectivity index (χ2n) is 6.20.